The van der Waals surface area contributed by atoms with Gasteiger partial charge in [0.2, 0.25) is 0 Å². The maximum atomic E-state index is 11.2. The number of nitrogens with one attached hydrogen (secondary N) is 1. The number of carboxylic acids is 1. The number of aromatic amines is 1. The average Bonchev–Trinajstić information content (AvgIpc) is 3.21. The van der Waals surface area contributed by atoms with E-state index in [0.717, 1.165) is 22.3 Å². The largest absolute Gasteiger partial charge is 0.478 e. The summed E-state index contributed by atoms with van der Waals surface area (Å²) >= 11 is 0. The Morgan fingerprint density at radius 1 is 1.17 bits per heavy atom. The molecule has 0 radical (unpaired) electrons. The number of pyridine rings is 1. The average molecular weight is 306 g/mol. The number of H-pyrrole nitrogens is 1. The van der Waals surface area contributed by atoms with Crippen LogP contribution in [0.1, 0.15) is 47.5 Å². The van der Waals surface area contributed by atoms with Crippen LogP contribution in [0.4, 0.5) is 0 Å². The molecule has 0 saturated heterocycles. The molecule has 1 aromatic carbocycles. The van der Waals surface area contributed by atoms with Gasteiger partial charge in [-0.2, -0.15) is 0 Å². The number of hydrogen-bond acceptors (Lipinski definition) is 2. The predicted molar refractivity (Wildman–Crippen MR) is 89.7 cm³/mol. The minimum Gasteiger partial charge on any atom is -0.478 e. The standard InChI is InChI=1S/C19H18N2O2/c22-19(23)13-8-9-14-16(11-13)21-18(15-7-3-4-10-20-15)17(14)12-5-1-2-6-12/h3-4,7-12,21H,1-2,5-6H2,(H,22,23). The van der Waals surface area contributed by atoms with Crippen LogP contribution in [0.2, 0.25) is 0 Å². The molecule has 0 amide bonds. The van der Waals surface area contributed by atoms with E-state index in [-0.39, 0.29) is 0 Å². The summed E-state index contributed by atoms with van der Waals surface area (Å²) in [6.45, 7) is 0. The fraction of sp³-hybridized carbons (Fsp3) is 0.263. The van der Waals surface area contributed by atoms with Gasteiger partial charge in [-0.15, -0.1) is 0 Å². The smallest absolute Gasteiger partial charge is 0.335 e. The molecule has 116 valence electrons. The third kappa shape index (κ3) is 2.40. The summed E-state index contributed by atoms with van der Waals surface area (Å²) < 4.78 is 0. The van der Waals surface area contributed by atoms with Crippen molar-refractivity contribution in [1.29, 1.82) is 0 Å². The quantitative estimate of drug-likeness (QED) is 0.744. The number of fused-ring (bicyclic) bond motifs is 1. The van der Waals surface area contributed by atoms with Crippen molar-refractivity contribution in [3.8, 4) is 11.4 Å². The van der Waals surface area contributed by atoms with Gasteiger partial charge in [-0.05, 0) is 48.6 Å². The van der Waals surface area contributed by atoms with E-state index in [1.165, 1.54) is 31.2 Å². The van der Waals surface area contributed by atoms with Crippen molar-refractivity contribution < 1.29 is 9.90 Å². The molecule has 1 aliphatic carbocycles. The highest BCUT2D eigenvalue weighted by Crippen LogP contribution is 2.42. The molecule has 0 aliphatic heterocycles. The topological polar surface area (TPSA) is 66.0 Å². The molecule has 0 spiro atoms. The third-order valence-electron chi connectivity index (χ3n) is 4.77. The zero-order valence-corrected chi connectivity index (χ0v) is 12.7. The summed E-state index contributed by atoms with van der Waals surface area (Å²) in [6, 6.07) is 11.2. The Balaban J connectivity index is 1.96. The van der Waals surface area contributed by atoms with Gasteiger partial charge in [0.1, 0.15) is 0 Å². The molecule has 4 rings (SSSR count). The van der Waals surface area contributed by atoms with Gasteiger partial charge in [-0.1, -0.05) is 25.0 Å². The fourth-order valence-electron chi connectivity index (χ4n) is 3.70. The number of aromatic nitrogens is 2. The van der Waals surface area contributed by atoms with Crippen LogP contribution in [0.25, 0.3) is 22.3 Å². The molecule has 23 heavy (non-hydrogen) atoms. The summed E-state index contributed by atoms with van der Waals surface area (Å²) in [5.41, 5.74) is 4.45. The van der Waals surface area contributed by atoms with Gasteiger partial charge in [0.05, 0.1) is 17.0 Å². The summed E-state index contributed by atoms with van der Waals surface area (Å²) in [4.78, 5) is 19.1. The molecule has 2 heterocycles. The molecule has 0 unspecified atom stereocenters. The van der Waals surface area contributed by atoms with Crippen LogP contribution in [0, 0.1) is 0 Å². The maximum absolute atomic E-state index is 11.2. The molecule has 1 saturated carbocycles. The van der Waals surface area contributed by atoms with Crippen molar-refractivity contribution in [2.24, 2.45) is 0 Å². The summed E-state index contributed by atoms with van der Waals surface area (Å²) in [7, 11) is 0. The first kappa shape index (κ1) is 14.0. The Hall–Kier alpha value is -2.62. The molecule has 4 nitrogen and oxygen atoms in total. The van der Waals surface area contributed by atoms with Crippen LogP contribution >= 0.6 is 0 Å². The summed E-state index contributed by atoms with van der Waals surface area (Å²) in [5, 5.41) is 10.4. The van der Waals surface area contributed by atoms with Crippen LogP contribution in [-0.2, 0) is 0 Å². The second kappa shape index (κ2) is 5.54. The minimum atomic E-state index is -0.900. The monoisotopic (exact) mass is 306 g/mol. The Bertz CT molecular complexity index is 862. The van der Waals surface area contributed by atoms with Gasteiger partial charge >= 0.3 is 5.97 Å². The van der Waals surface area contributed by atoms with Gasteiger partial charge in [-0.3, -0.25) is 4.98 Å². The third-order valence-corrected chi connectivity index (χ3v) is 4.77. The second-order valence-electron chi connectivity index (χ2n) is 6.18. The van der Waals surface area contributed by atoms with Crippen LogP contribution in [0.5, 0.6) is 0 Å². The van der Waals surface area contributed by atoms with E-state index in [4.69, 9.17) is 0 Å². The van der Waals surface area contributed by atoms with Crippen LogP contribution < -0.4 is 0 Å². The molecule has 2 N–H and O–H groups in total. The highest BCUT2D eigenvalue weighted by molar-refractivity contribution is 5.97. The maximum Gasteiger partial charge on any atom is 0.335 e. The normalized spacial score (nSPS) is 15.3. The minimum absolute atomic E-state index is 0.310. The van der Waals surface area contributed by atoms with E-state index in [1.54, 1.807) is 18.3 Å². The molecule has 3 aromatic rings. The first-order valence-electron chi connectivity index (χ1n) is 8.04. The lowest BCUT2D eigenvalue weighted by molar-refractivity contribution is 0.0697. The lowest BCUT2D eigenvalue weighted by atomic mass is 9.93. The van der Waals surface area contributed by atoms with E-state index in [1.807, 2.05) is 24.3 Å². The lowest BCUT2D eigenvalue weighted by Gasteiger charge is -2.11. The second-order valence-corrected chi connectivity index (χ2v) is 6.18. The van der Waals surface area contributed by atoms with Crippen molar-refractivity contribution in [2.45, 2.75) is 31.6 Å². The van der Waals surface area contributed by atoms with Gasteiger partial charge in [0.25, 0.3) is 0 Å². The van der Waals surface area contributed by atoms with Crippen molar-refractivity contribution in [1.82, 2.24) is 9.97 Å². The van der Waals surface area contributed by atoms with E-state index < -0.39 is 5.97 Å². The summed E-state index contributed by atoms with van der Waals surface area (Å²) in [6.07, 6.45) is 6.68. The molecule has 0 bridgehead atoms. The number of hydrogen-bond donors (Lipinski definition) is 2. The molecular weight excluding hydrogens is 288 g/mol. The molecule has 4 heteroatoms. The SMILES string of the molecule is O=C(O)c1ccc2c(C3CCCC3)c(-c3ccccn3)[nH]c2c1. The Kier molecular flexibility index (Phi) is 3.37. The lowest BCUT2D eigenvalue weighted by Crippen LogP contribution is -1.96. The number of benzene rings is 1. The van der Waals surface area contributed by atoms with Crippen molar-refractivity contribution in [2.75, 3.05) is 0 Å². The Morgan fingerprint density at radius 2 is 2.00 bits per heavy atom. The van der Waals surface area contributed by atoms with Crippen LogP contribution in [-0.4, -0.2) is 21.0 Å². The van der Waals surface area contributed by atoms with Crippen LogP contribution in [0.15, 0.2) is 42.6 Å². The molecule has 1 fully saturated rings. The van der Waals surface area contributed by atoms with Gasteiger partial charge in [0.15, 0.2) is 0 Å². The Labute approximate surface area is 134 Å². The van der Waals surface area contributed by atoms with Gasteiger partial charge in [-0.25, -0.2) is 4.79 Å². The van der Waals surface area contributed by atoms with Crippen LogP contribution in [0.3, 0.4) is 0 Å². The molecule has 2 aromatic heterocycles. The number of nitrogens with zero attached hydrogens (tertiary/aromatic N) is 1. The molecular formula is C19H18N2O2. The zero-order chi connectivity index (χ0) is 15.8. The van der Waals surface area contributed by atoms with E-state index in [2.05, 4.69) is 9.97 Å². The van der Waals surface area contributed by atoms with Crippen molar-refractivity contribution in [3.63, 3.8) is 0 Å². The number of aromatic carboxylic acids is 1. The molecule has 1 aliphatic rings. The van der Waals surface area contributed by atoms with E-state index in [9.17, 15) is 9.90 Å². The van der Waals surface area contributed by atoms with E-state index >= 15 is 0 Å². The molecule has 0 atom stereocenters. The van der Waals surface area contributed by atoms with Gasteiger partial charge in [0, 0.05) is 17.1 Å². The van der Waals surface area contributed by atoms with Gasteiger partial charge < -0.3 is 10.1 Å². The number of carboxylic acid groups (broad SMARTS) is 1. The highest BCUT2D eigenvalue weighted by atomic mass is 16.4. The first-order valence-corrected chi connectivity index (χ1v) is 8.04. The first-order chi connectivity index (χ1) is 11.2. The number of rotatable bonds is 3. The number of carbonyl (C=O) groups is 1. The highest BCUT2D eigenvalue weighted by Gasteiger charge is 2.25. The van der Waals surface area contributed by atoms with E-state index in [0.29, 0.717) is 11.5 Å². The zero-order valence-electron chi connectivity index (χ0n) is 12.7. The van der Waals surface area contributed by atoms with Crippen molar-refractivity contribution >= 4 is 16.9 Å². The summed E-state index contributed by atoms with van der Waals surface area (Å²) in [5.74, 6) is -0.375. The predicted octanol–water partition coefficient (Wildman–Crippen LogP) is 4.59. The van der Waals surface area contributed by atoms with Crippen molar-refractivity contribution in [3.05, 3.63) is 53.7 Å². The fourth-order valence-corrected chi connectivity index (χ4v) is 3.70. The Morgan fingerprint density at radius 3 is 2.70 bits per heavy atom.